The highest BCUT2D eigenvalue weighted by Gasteiger charge is 2.16. The lowest BCUT2D eigenvalue weighted by Crippen LogP contribution is -2.12. The molecule has 1 aromatic carbocycles. The number of benzene rings is 1. The molecule has 4 nitrogen and oxygen atoms in total. The molecule has 1 N–H and O–H groups in total. The Morgan fingerprint density at radius 1 is 1.44 bits per heavy atom. The van der Waals surface area contributed by atoms with Crippen LogP contribution in [0.25, 0.3) is 0 Å². The predicted molar refractivity (Wildman–Crippen MR) is 76.0 cm³/mol. The largest absolute Gasteiger partial charge is 0.320 e. The normalized spacial score (nSPS) is 10.3. The molecule has 1 aromatic heterocycles. The van der Waals surface area contributed by atoms with Crippen LogP contribution in [0.3, 0.4) is 0 Å². The van der Waals surface area contributed by atoms with Gasteiger partial charge in [0, 0.05) is 4.47 Å². The molecular weight excluding hydrogens is 314 g/mol. The van der Waals surface area contributed by atoms with Gasteiger partial charge in [-0.15, -0.1) is 5.10 Å². The van der Waals surface area contributed by atoms with E-state index in [1.807, 2.05) is 24.3 Å². The highest BCUT2D eigenvalue weighted by atomic mass is 79.9. The van der Waals surface area contributed by atoms with Crippen molar-refractivity contribution in [2.45, 2.75) is 19.8 Å². The van der Waals surface area contributed by atoms with E-state index < -0.39 is 0 Å². The number of aryl methyl sites for hydroxylation is 1. The van der Waals surface area contributed by atoms with E-state index in [0.717, 1.165) is 40.2 Å². The van der Waals surface area contributed by atoms with Crippen LogP contribution in [0.2, 0.25) is 0 Å². The number of aromatic nitrogens is 2. The maximum atomic E-state index is 12.1. The molecule has 0 atom stereocenters. The van der Waals surface area contributed by atoms with Crippen molar-refractivity contribution in [3.63, 3.8) is 0 Å². The quantitative estimate of drug-likeness (QED) is 0.935. The molecule has 1 amide bonds. The van der Waals surface area contributed by atoms with Crippen LogP contribution in [-0.4, -0.2) is 15.5 Å². The number of nitrogens with zero attached hydrogens (tertiary/aromatic N) is 2. The first-order valence-electron chi connectivity index (χ1n) is 5.59. The van der Waals surface area contributed by atoms with Gasteiger partial charge in [0.1, 0.15) is 4.88 Å². The maximum absolute atomic E-state index is 12.1. The van der Waals surface area contributed by atoms with Crippen molar-refractivity contribution in [1.82, 2.24) is 9.59 Å². The molecule has 0 saturated carbocycles. The fourth-order valence-corrected chi connectivity index (χ4v) is 2.51. The predicted octanol–water partition coefficient (Wildman–Crippen LogP) is 3.51. The van der Waals surface area contributed by atoms with Crippen LogP contribution in [0.15, 0.2) is 28.7 Å². The van der Waals surface area contributed by atoms with Crippen molar-refractivity contribution in [1.29, 1.82) is 0 Å². The van der Waals surface area contributed by atoms with Gasteiger partial charge in [-0.3, -0.25) is 4.79 Å². The molecule has 0 saturated heterocycles. The van der Waals surface area contributed by atoms with Gasteiger partial charge in [0.15, 0.2) is 0 Å². The third-order valence-electron chi connectivity index (χ3n) is 2.37. The fourth-order valence-electron chi connectivity index (χ4n) is 1.52. The van der Waals surface area contributed by atoms with Gasteiger partial charge >= 0.3 is 0 Å². The van der Waals surface area contributed by atoms with Crippen molar-refractivity contribution < 1.29 is 4.79 Å². The van der Waals surface area contributed by atoms with Crippen molar-refractivity contribution >= 4 is 39.1 Å². The van der Waals surface area contributed by atoms with Gasteiger partial charge < -0.3 is 5.32 Å². The van der Waals surface area contributed by atoms with Crippen molar-refractivity contribution in [2.75, 3.05) is 5.32 Å². The second-order valence-electron chi connectivity index (χ2n) is 3.73. The lowest BCUT2D eigenvalue weighted by Gasteiger charge is -2.06. The third-order valence-corrected chi connectivity index (χ3v) is 3.83. The van der Waals surface area contributed by atoms with Gasteiger partial charge in [0.2, 0.25) is 0 Å². The maximum Gasteiger partial charge on any atom is 0.269 e. The molecule has 0 aliphatic rings. The highest BCUT2D eigenvalue weighted by Crippen LogP contribution is 2.23. The zero-order valence-electron chi connectivity index (χ0n) is 9.81. The van der Waals surface area contributed by atoms with E-state index in [-0.39, 0.29) is 5.91 Å². The lowest BCUT2D eigenvalue weighted by molar-refractivity contribution is 0.102. The molecule has 1 heterocycles. The number of halogens is 1. The number of anilines is 1. The number of hydrogen-bond acceptors (Lipinski definition) is 4. The number of carbonyl (C=O) groups is 1. The van der Waals surface area contributed by atoms with Crippen LogP contribution in [0.4, 0.5) is 5.69 Å². The first kappa shape index (κ1) is 13.2. The minimum Gasteiger partial charge on any atom is -0.320 e. The first-order valence-corrected chi connectivity index (χ1v) is 7.16. The van der Waals surface area contributed by atoms with E-state index in [2.05, 4.69) is 37.8 Å². The van der Waals surface area contributed by atoms with Crippen LogP contribution in [0.5, 0.6) is 0 Å². The zero-order chi connectivity index (χ0) is 13.0. The summed E-state index contributed by atoms with van der Waals surface area (Å²) in [7, 11) is 0. The second kappa shape index (κ2) is 6.06. The highest BCUT2D eigenvalue weighted by molar-refractivity contribution is 9.10. The number of nitrogens with one attached hydrogen (secondary N) is 1. The molecule has 2 aromatic rings. The molecule has 0 radical (unpaired) electrons. The molecule has 2 rings (SSSR count). The lowest BCUT2D eigenvalue weighted by atomic mass is 10.2. The summed E-state index contributed by atoms with van der Waals surface area (Å²) in [5, 5.41) is 6.84. The van der Waals surface area contributed by atoms with Crippen molar-refractivity contribution in [3.05, 3.63) is 39.3 Å². The number of amides is 1. The summed E-state index contributed by atoms with van der Waals surface area (Å²) < 4.78 is 4.70. The average molecular weight is 326 g/mol. The Morgan fingerprint density at radius 3 is 2.94 bits per heavy atom. The van der Waals surface area contributed by atoms with Crippen LogP contribution >= 0.6 is 27.5 Å². The summed E-state index contributed by atoms with van der Waals surface area (Å²) in [6, 6.07) is 7.50. The van der Waals surface area contributed by atoms with Gasteiger partial charge in [-0.1, -0.05) is 30.0 Å². The number of para-hydroxylation sites is 1. The minimum absolute atomic E-state index is 0.152. The molecule has 6 heteroatoms. The molecule has 94 valence electrons. The Hall–Kier alpha value is -1.27. The molecule has 0 aliphatic carbocycles. The minimum atomic E-state index is -0.152. The number of carbonyl (C=O) groups excluding carboxylic acids is 1. The van der Waals surface area contributed by atoms with E-state index in [4.69, 9.17) is 0 Å². The molecule has 0 aliphatic heterocycles. The Balaban J connectivity index is 2.17. The SMILES string of the molecule is CCCc1nnsc1C(=O)Nc1ccccc1Br. The topological polar surface area (TPSA) is 54.9 Å². The molecule has 0 unspecified atom stereocenters. The molecule has 0 bridgehead atoms. The standard InChI is InChI=1S/C12H12BrN3OS/c1-2-5-10-11(18-16-15-10)12(17)14-9-7-4-3-6-8(9)13/h3-4,6-7H,2,5H2,1H3,(H,14,17). The van der Waals surface area contributed by atoms with E-state index in [1.54, 1.807) is 0 Å². The summed E-state index contributed by atoms with van der Waals surface area (Å²) in [5.41, 5.74) is 1.52. The number of hydrogen-bond donors (Lipinski definition) is 1. The van der Waals surface area contributed by atoms with Gasteiger partial charge in [-0.25, -0.2) is 0 Å². The summed E-state index contributed by atoms with van der Waals surface area (Å²) in [5.74, 6) is -0.152. The molecule has 0 spiro atoms. The average Bonchev–Trinajstić information content (AvgIpc) is 2.81. The Morgan fingerprint density at radius 2 is 2.22 bits per heavy atom. The summed E-state index contributed by atoms with van der Waals surface area (Å²) in [4.78, 5) is 12.7. The van der Waals surface area contributed by atoms with Crippen molar-refractivity contribution in [2.24, 2.45) is 0 Å². The first-order chi connectivity index (χ1) is 8.72. The Bertz CT molecular complexity index is 556. The number of rotatable bonds is 4. The molecule has 0 fully saturated rings. The Kier molecular flexibility index (Phi) is 4.43. The van der Waals surface area contributed by atoms with E-state index in [1.165, 1.54) is 0 Å². The van der Waals surface area contributed by atoms with Gasteiger partial charge in [0.05, 0.1) is 11.4 Å². The monoisotopic (exact) mass is 325 g/mol. The second-order valence-corrected chi connectivity index (χ2v) is 5.34. The van der Waals surface area contributed by atoms with E-state index in [9.17, 15) is 4.79 Å². The smallest absolute Gasteiger partial charge is 0.269 e. The van der Waals surface area contributed by atoms with Crippen LogP contribution < -0.4 is 5.32 Å². The van der Waals surface area contributed by atoms with Crippen LogP contribution in [0.1, 0.15) is 28.7 Å². The Labute approximate surface area is 118 Å². The van der Waals surface area contributed by atoms with E-state index >= 15 is 0 Å². The molecular formula is C12H12BrN3OS. The summed E-state index contributed by atoms with van der Waals surface area (Å²) in [6.07, 6.45) is 1.72. The van der Waals surface area contributed by atoms with Gasteiger partial charge in [0.25, 0.3) is 5.91 Å². The summed E-state index contributed by atoms with van der Waals surface area (Å²) in [6.45, 7) is 2.05. The third kappa shape index (κ3) is 2.94. The van der Waals surface area contributed by atoms with E-state index in [0.29, 0.717) is 4.88 Å². The van der Waals surface area contributed by atoms with Crippen molar-refractivity contribution in [3.8, 4) is 0 Å². The van der Waals surface area contributed by atoms with Crippen LogP contribution in [-0.2, 0) is 6.42 Å². The summed E-state index contributed by atoms with van der Waals surface area (Å²) >= 11 is 4.53. The molecule has 18 heavy (non-hydrogen) atoms. The fraction of sp³-hybridized carbons (Fsp3) is 0.250. The van der Waals surface area contributed by atoms with Crippen LogP contribution in [0, 0.1) is 0 Å². The van der Waals surface area contributed by atoms with Gasteiger partial charge in [-0.05, 0) is 46.0 Å². The zero-order valence-corrected chi connectivity index (χ0v) is 12.2. The van der Waals surface area contributed by atoms with Gasteiger partial charge in [-0.2, -0.15) is 0 Å².